The van der Waals surface area contributed by atoms with Crippen molar-refractivity contribution in [3.63, 3.8) is 0 Å². The summed E-state index contributed by atoms with van der Waals surface area (Å²) >= 11 is 0. The Morgan fingerprint density at radius 2 is 1.04 bits per heavy atom. The van der Waals surface area contributed by atoms with Gasteiger partial charge in [-0.05, 0) is 0 Å². The van der Waals surface area contributed by atoms with E-state index in [1.54, 1.807) is 21.5 Å². The minimum Gasteiger partial charge on any atom is -1.00 e. The monoisotopic (exact) mass is 458 g/mol. The van der Waals surface area contributed by atoms with Crippen molar-refractivity contribution in [2.45, 2.75) is 67.5 Å². The molecule has 2 unspecified atom stereocenters. The van der Waals surface area contributed by atoms with Gasteiger partial charge in [-0.2, -0.15) is 11.1 Å². The molecule has 0 bridgehead atoms. The second-order valence-electron chi connectivity index (χ2n) is 6.89. The van der Waals surface area contributed by atoms with Gasteiger partial charge in [-0.1, -0.05) is 87.4 Å². The first kappa shape index (κ1) is 26.9. The Morgan fingerprint density at radius 3 is 1.21 bits per heavy atom. The van der Waals surface area contributed by atoms with Gasteiger partial charge in [0, 0.05) is 0 Å². The molecule has 0 aromatic rings. The predicted octanol–water partition coefficient (Wildman–Crippen LogP) is -0.00972. The van der Waals surface area contributed by atoms with Crippen molar-refractivity contribution in [1.29, 1.82) is 0 Å². The second kappa shape index (κ2) is 10.1. The summed E-state index contributed by atoms with van der Waals surface area (Å²) in [5.74, 6) is 0.996. The molecule has 4 heteroatoms. The van der Waals surface area contributed by atoms with Crippen molar-refractivity contribution < 1.29 is 51.0 Å². The summed E-state index contributed by atoms with van der Waals surface area (Å²) in [6.07, 6.45) is 7.36. The van der Waals surface area contributed by atoms with E-state index in [9.17, 15) is 0 Å². The quantitative estimate of drug-likeness (QED) is 0.409. The smallest absolute Gasteiger partial charge is 1.00 e. The van der Waals surface area contributed by atoms with Gasteiger partial charge in [-0.3, -0.25) is 12.2 Å². The van der Waals surface area contributed by atoms with Crippen LogP contribution in [0.2, 0.25) is 12.1 Å². The Kier molecular flexibility index (Phi) is 11.3. The van der Waals surface area contributed by atoms with Gasteiger partial charge in [0.15, 0.2) is 0 Å². The maximum absolute atomic E-state index is 3.68. The molecular formula is C20H30Cl2SiZr. The topological polar surface area (TPSA) is 0 Å². The zero-order valence-electron chi connectivity index (χ0n) is 16.3. The molecule has 0 aromatic carbocycles. The van der Waals surface area contributed by atoms with Crippen LogP contribution in [0.25, 0.3) is 0 Å². The summed E-state index contributed by atoms with van der Waals surface area (Å²) in [6, 6.07) is 2.58. The average molecular weight is 461 g/mol. The standard InChI is InChI=1S/C20H30Si.2ClH.Zr/c1-9-21(10-2,19-15(5)11-13(3)17(19)7)20-16(6)12-14(4)18(20)8;;;/h13-14H,9-10H2,1-8H3;2*1H;/q-2;;;+4/p-2. The first-order chi connectivity index (χ1) is 9.80. The van der Waals surface area contributed by atoms with Crippen molar-refractivity contribution in [1.82, 2.24) is 0 Å². The van der Waals surface area contributed by atoms with Crippen LogP contribution in [0.15, 0.2) is 32.7 Å². The molecule has 0 aromatic heterocycles. The van der Waals surface area contributed by atoms with Crippen LogP contribution in [-0.2, 0) is 26.2 Å². The van der Waals surface area contributed by atoms with Gasteiger partial charge in [0.1, 0.15) is 0 Å². The maximum Gasteiger partial charge on any atom is 4.00 e. The minimum absolute atomic E-state index is 0. The van der Waals surface area contributed by atoms with E-state index in [1.165, 1.54) is 23.2 Å². The van der Waals surface area contributed by atoms with Crippen LogP contribution in [0.3, 0.4) is 0 Å². The van der Waals surface area contributed by atoms with Gasteiger partial charge < -0.3 is 24.8 Å². The minimum atomic E-state index is -1.65. The average Bonchev–Trinajstić information content (AvgIpc) is 2.83. The van der Waals surface area contributed by atoms with Crippen LogP contribution >= 0.6 is 0 Å². The Labute approximate surface area is 182 Å². The molecule has 0 spiro atoms. The molecule has 0 radical (unpaired) electrons. The summed E-state index contributed by atoms with van der Waals surface area (Å²) < 4.78 is 0. The van der Waals surface area contributed by atoms with Crippen LogP contribution in [0, 0.1) is 24.0 Å². The van der Waals surface area contributed by atoms with Crippen molar-refractivity contribution >= 4 is 8.07 Å². The number of hydrogen-bond acceptors (Lipinski definition) is 0. The summed E-state index contributed by atoms with van der Waals surface area (Å²) in [7, 11) is -1.65. The largest absolute Gasteiger partial charge is 4.00 e. The zero-order valence-corrected chi connectivity index (χ0v) is 21.3. The zero-order chi connectivity index (χ0) is 15.9. The fourth-order valence-electron chi connectivity index (χ4n) is 4.59. The predicted molar refractivity (Wildman–Crippen MR) is 95.3 cm³/mol. The van der Waals surface area contributed by atoms with Crippen LogP contribution in [-0.4, -0.2) is 8.07 Å². The summed E-state index contributed by atoms with van der Waals surface area (Å²) in [5.41, 5.74) is 6.03. The third-order valence-corrected chi connectivity index (χ3v) is 11.7. The summed E-state index contributed by atoms with van der Waals surface area (Å²) in [5, 5.41) is 3.40. The first-order valence-electron chi connectivity index (χ1n) is 8.43. The molecule has 0 saturated heterocycles. The molecular weight excluding hydrogens is 430 g/mol. The summed E-state index contributed by atoms with van der Waals surface area (Å²) in [6.45, 7) is 18.7. The van der Waals surface area contributed by atoms with E-state index >= 15 is 0 Å². The van der Waals surface area contributed by atoms with E-state index in [1.807, 2.05) is 0 Å². The van der Waals surface area contributed by atoms with Gasteiger partial charge in [-0.25, -0.2) is 21.5 Å². The van der Waals surface area contributed by atoms with Crippen molar-refractivity contribution in [3.8, 4) is 0 Å². The van der Waals surface area contributed by atoms with Gasteiger partial charge in [0.2, 0.25) is 0 Å². The van der Waals surface area contributed by atoms with Crippen molar-refractivity contribution in [2.75, 3.05) is 0 Å². The molecule has 2 atom stereocenters. The molecule has 0 nitrogen and oxygen atoms in total. The van der Waals surface area contributed by atoms with Crippen molar-refractivity contribution in [2.24, 2.45) is 11.8 Å². The van der Waals surface area contributed by atoms with Crippen LogP contribution in [0.1, 0.15) is 55.4 Å². The number of rotatable bonds is 4. The molecule has 0 fully saturated rings. The van der Waals surface area contributed by atoms with E-state index in [4.69, 9.17) is 0 Å². The maximum atomic E-state index is 3.68. The molecule has 132 valence electrons. The van der Waals surface area contributed by atoms with Crippen LogP contribution < -0.4 is 24.8 Å². The molecule has 0 heterocycles. The second-order valence-corrected chi connectivity index (χ2v) is 11.5. The molecule has 2 rings (SSSR count). The van der Waals surface area contributed by atoms with E-state index < -0.39 is 8.07 Å². The van der Waals surface area contributed by atoms with E-state index in [0.29, 0.717) is 11.8 Å². The number of hydrogen-bond donors (Lipinski definition) is 0. The van der Waals surface area contributed by atoms with E-state index in [0.717, 1.165) is 0 Å². The van der Waals surface area contributed by atoms with Crippen LogP contribution in [0.5, 0.6) is 0 Å². The molecule has 0 saturated carbocycles. The number of halogens is 2. The Hall–Kier alpha value is 0.640. The SMILES string of the molecule is CC[Si](CC)(C1=C(C)C(C)[C-]=C1C)C1=C(C)C(C)[C-]=C1C.[Cl-].[Cl-].[Zr+4]. The Bertz CT molecular complexity index is 532. The molecule has 24 heavy (non-hydrogen) atoms. The molecule has 0 N–H and O–H groups in total. The van der Waals surface area contributed by atoms with Gasteiger partial charge >= 0.3 is 26.2 Å². The van der Waals surface area contributed by atoms with Crippen LogP contribution in [0.4, 0.5) is 0 Å². The molecule has 2 aliphatic carbocycles. The third-order valence-electron chi connectivity index (χ3n) is 5.87. The summed E-state index contributed by atoms with van der Waals surface area (Å²) in [4.78, 5) is 0. The fourth-order valence-corrected chi connectivity index (χ4v) is 10.3. The number of allylic oxidation sites excluding steroid dienone is 8. The fraction of sp³-hybridized carbons (Fsp3) is 0.600. The van der Waals surface area contributed by atoms with Gasteiger partial charge in [0.05, 0.1) is 0 Å². The van der Waals surface area contributed by atoms with Gasteiger partial charge in [-0.15, -0.1) is 0 Å². The van der Waals surface area contributed by atoms with Crippen molar-refractivity contribution in [3.05, 3.63) is 44.8 Å². The van der Waals surface area contributed by atoms with E-state index in [-0.39, 0.29) is 51.0 Å². The first-order valence-corrected chi connectivity index (χ1v) is 10.8. The molecule has 0 amide bonds. The van der Waals surface area contributed by atoms with Gasteiger partial charge in [0.25, 0.3) is 0 Å². The van der Waals surface area contributed by atoms with E-state index in [2.05, 4.69) is 67.5 Å². The molecule has 2 aliphatic rings. The Morgan fingerprint density at radius 1 is 0.750 bits per heavy atom. The normalized spacial score (nSPS) is 23.3. The molecule has 0 aliphatic heterocycles. The Balaban J connectivity index is 0. The third kappa shape index (κ3) is 4.13.